The van der Waals surface area contributed by atoms with Crippen LogP contribution in [0.4, 0.5) is 0 Å². The second-order valence-corrected chi connectivity index (χ2v) is 3.33. The molecular formula is C7H11NO2. The van der Waals surface area contributed by atoms with Crippen LogP contribution < -0.4 is 5.73 Å². The second-order valence-electron chi connectivity index (χ2n) is 3.33. The van der Waals surface area contributed by atoms with Gasteiger partial charge in [0.1, 0.15) is 0 Å². The molecule has 2 saturated carbocycles. The number of carbonyl (C=O) groups is 1. The summed E-state index contributed by atoms with van der Waals surface area (Å²) in [4.78, 5) is 11.0. The molecule has 0 aromatic heterocycles. The Bertz CT molecular complexity index is 192. The van der Waals surface area contributed by atoms with Gasteiger partial charge in [-0.2, -0.15) is 0 Å². The van der Waals surface area contributed by atoms with Gasteiger partial charge in [-0.3, -0.25) is 4.79 Å². The molecule has 2 aliphatic rings. The summed E-state index contributed by atoms with van der Waals surface area (Å²) in [5.74, 6) is 0.388. The molecule has 0 radical (unpaired) electrons. The van der Waals surface area contributed by atoms with Crippen molar-refractivity contribution in [3.8, 4) is 0 Å². The Morgan fingerprint density at radius 3 is 2.70 bits per heavy atom. The molecule has 0 unspecified atom stereocenters. The van der Waals surface area contributed by atoms with Crippen LogP contribution >= 0.6 is 0 Å². The molecule has 56 valence electrons. The lowest BCUT2D eigenvalue weighted by molar-refractivity contribution is -0.150. The molecule has 0 saturated heterocycles. The van der Waals surface area contributed by atoms with E-state index in [1.54, 1.807) is 0 Å². The van der Waals surface area contributed by atoms with Gasteiger partial charge in [-0.15, -0.1) is 0 Å². The van der Waals surface area contributed by atoms with Gasteiger partial charge in [-0.25, -0.2) is 0 Å². The van der Waals surface area contributed by atoms with Crippen molar-refractivity contribution in [1.82, 2.24) is 0 Å². The zero-order valence-electron chi connectivity index (χ0n) is 5.96. The zero-order chi connectivity index (χ0) is 7.35. The summed E-state index contributed by atoms with van der Waals surface area (Å²) in [6.45, 7) is 0. The molecular weight excluding hydrogens is 130 g/mol. The Morgan fingerprint density at radius 2 is 2.40 bits per heavy atom. The van der Waals surface area contributed by atoms with Crippen LogP contribution in [0.5, 0.6) is 0 Å². The minimum atomic E-state index is -0.117. The molecule has 10 heavy (non-hydrogen) atoms. The number of carbonyl (C=O) groups excluding carboxylic acids is 1. The zero-order valence-corrected chi connectivity index (χ0v) is 5.96. The predicted octanol–water partition coefficient (Wildman–Crippen LogP) is -0.103. The van der Waals surface area contributed by atoms with Crippen LogP contribution in [0.25, 0.3) is 0 Å². The van der Waals surface area contributed by atoms with Crippen molar-refractivity contribution >= 4 is 5.97 Å². The summed E-state index contributed by atoms with van der Waals surface area (Å²) < 4.78 is 4.65. The Morgan fingerprint density at radius 1 is 1.70 bits per heavy atom. The van der Waals surface area contributed by atoms with Gasteiger partial charge in [0.25, 0.3) is 0 Å². The molecule has 0 heterocycles. The van der Waals surface area contributed by atoms with Crippen molar-refractivity contribution < 1.29 is 9.53 Å². The third-order valence-corrected chi connectivity index (χ3v) is 2.84. The van der Waals surface area contributed by atoms with Crippen LogP contribution in [0, 0.1) is 11.3 Å². The quantitative estimate of drug-likeness (QED) is 0.519. The normalized spacial score (nSPS) is 49.0. The maximum Gasteiger partial charge on any atom is 0.312 e. The summed E-state index contributed by atoms with van der Waals surface area (Å²) in [7, 11) is 1.44. The Labute approximate surface area is 59.5 Å². The van der Waals surface area contributed by atoms with Gasteiger partial charge >= 0.3 is 5.97 Å². The number of nitrogens with two attached hydrogens (primary N) is 1. The molecule has 2 aliphatic carbocycles. The van der Waals surface area contributed by atoms with E-state index in [2.05, 4.69) is 4.74 Å². The number of hydrogen-bond acceptors (Lipinski definition) is 3. The van der Waals surface area contributed by atoms with Gasteiger partial charge < -0.3 is 10.5 Å². The lowest BCUT2D eigenvalue weighted by atomic mass is 9.81. The fourth-order valence-corrected chi connectivity index (χ4v) is 2.05. The number of esters is 1. The Balaban J connectivity index is 2.04. The molecule has 3 heteroatoms. The van der Waals surface area contributed by atoms with Gasteiger partial charge in [0.15, 0.2) is 0 Å². The van der Waals surface area contributed by atoms with E-state index in [0.29, 0.717) is 5.92 Å². The second kappa shape index (κ2) is 1.53. The highest BCUT2D eigenvalue weighted by atomic mass is 16.5. The van der Waals surface area contributed by atoms with Crippen LogP contribution in [0.3, 0.4) is 0 Å². The number of rotatable bonds is 1. The number of ether oxygens (including phenoxy) is 1. The monoisotopic (exact) mass is 141 g/mol. The van der Waals surface area contributed by atoms with Gasteiger partial charge in [0.05, 0.1) is 12.5 Å². The van der Waals surface area contributed by atoms with Crippen molar-refractivity contribution in [2.75, 3.05) is 7.11 Å². The molecule has 2 fully saturated rings. The first-order valence-corrected chi connectivity index (χ1v) is 3.55. The molecule has 0 aromatic carbocycles. The molecule has 0 aliphatic heterocycles. The van der Waals surface area contributed by atoms with Crippen molar-refractivity contribution in [3.63, 3.8) is 0 Å². The molecule has 0 aromatic rings. The van der Waals surface area contributed by atoms with Crippen molar-refractivity contribution in [3.05, 3.63) is 0 Å². The van der Waals surface area contributed by atoms with E-state index in [4.69, 9.17) is 5.73 Å². The topological polar surface area (TPSA) is 52.3 Å². The average Bonchev–Trinajstić information content (AvgIpc) is 2.55. The average molecular weight is 141 g/mol. The minimum Gasteiger partial charge on any atom is -0.469 e. The molecule has 0 bridgehead atoms. The van der Waals surface area contributed by atoms with Gasteiger partial charge in [-0.05, 0) is 18.8 Å². The van der Waals surface area contributed by atoms with Crippen LogP contribution in [-0.4, -0.2) is 19.1 Å². The first-order valence-electron chi connectivity index (χ1n) is 3.55. The van der Waals surface area contributed by atoms with E-state index in [1.165, 1.54) is 7.11 Å². The standard InChI is InChI=1S/C7H11NO2/c1-10-6(9)7-2-4(7)5(8)3-7/h4-5H,2-3,8H2,1H3/t4-,5-,7-/m0/s1. The fraction of sp³-hybridized carbons (Fsp3) is 0.857. The molecule has 0 amide bonds. The minimum absolute atomic E-state index is 0.0563. The summed E-state index contributed by atoms with van der Waals surface area (Å²) in [6, 6.07) is 0.263. The first kappa shape index (κ1) is 6.16. The third kappa shape index (κ3) is 0.475. The summed E-state index contributed by atoms with van der Waals surface area (Å²) in [6.07, 6.45) is 1.80. The lowest BCUT2D eigenvalue weighted by Gasteiger charge is -2.28. The number of fused-ring (bicyclic) bond motifs is 1. The summed E-state index contributed by atoms with van der Waals surface area (Å²) >= 11 is 0. The first-order chi connectivity index (χ1) is 4.70. The molecule has 3 nitrogen and oxygen atoms in total. The van der Waals surface area contributed by atoms with Crippen molar-refractivity contribution in [1.29, 1.82) is 0 Å². The maximum absolute atomic E-state index is 11.0. The van der Waals surface area contributed by atoms with Crippen molar-refractivity contribution in [2.45, 2.75) is 18.9 Å². The van der Waals surface area contributed by atoms with Crippen molar-refractivity contribution in [2.24, 2.45) is 17.1 Å². The Hall–Kier alpha value is -0.570. The third-order valence-electron chi connectivity index (χ3n) is 2.84. The van der Waals surface area contributed by atoms with E-state index in [-0.39, 0.29) is 17.4 Å². The highest BCUT2D eigenvalue weighted by Crippen LogP contribution is 2.67. The highest BCUT2D eigenvalue weighted by Gasteiger charge is 2.71. The van der Waals surface area contributed by atoms with Crippen LogP contribution in [0.2, 0.25) is 0 Å². The largest absolute Gasteiger partial charge is 0.469 e. The van der Waals surface area contributed by atoms with E-state index >= 15 is 0 Å². The number of hydrogen-bond donors (Lipinski definition) is 1. The highest BCUT2D eigenvalue weighted by molar-refractivity contribution is 5.82. The van der Waals surface area contributed by atoms with E-state index in [0.717, 1.165) is 12.8 Å². The van der Waals surface area contributed by atoms with Gasteiger partial charge in [-0.1, -0.05) is 0 Å². The molecule has 2 N–H and O–H groups in total. The fourth-order valence-electron chi connectivity index (χ4n) is 2.05. The molecule has 0 spiro atoms. The van der Waals surface area contributed by atoms with Crippen LogP contribution in [-0.2, 0) is 9.53 Å². The molecule has 2 rings (SSSR count). The number of methoxy groups -OCH3 is 1. The molecule has 3 atom stereocenters. The van der Waals surface area contributed by atoms with Gasteiger partial charge in [0, 0.05) is 6.04 Å². The van der Waals surface area contributed by atoms with Gasteiger partial charge in [0.2, 0.25) is 0 Å². The summed E-state index contributed by atoms with van der Waals surface area (Å²) in [5.41, 5.74) is 5.52. The van der Waals surface area contributed by atoms with Crippen LogP contribution in [0.15, 0.2) is 0 Å². The SMILES string of the molecule is COC(=O)[C@@]12C[C@H](N)[C@@H]1C2. The predicted molar refractivity (Wildman–Crippen MR) is 35.1 cm³/mol. The van der Waals surface area contributed by atoms with E-state index in [9.17, 15) is 4.79 Å². The smallest absolute Gasteiger partial charge is 0.312 e. The van der Waals surface area contributed by atoms with E-state index in [1.807, 2.05) is 0 Å². The summed E-state index contributed by atoms with van der Waals surface area (Å²) in [5, 5.41) is 0. The lowest BCUT2D eigenvalue weighted by Crippen LogP contribution is -2.42. The maximum atomic E-state index is 11.0. The van der Waals surface area contributed by atoms with E-state index < -0.39 is 0 Å². The Kier molecular flexibility index (Phi) is 0.944. The van der Waals surface area contributed by atoms with Crippen LogP contribution in [0.1, 0.15) is 12.8 Å².